The topological polar surface area (TPSA) is 113 Å². The van der Waals surface area contributed by atoms with E-state index in [2.05, 4.69) is 4.74 Å². The predicted octanol–water partition coefficient (Wildman–Crippen LogP) is -0.0595. The zero-order valence-corrected chi connectivity index (χ0v) is 10.2. The number of hydrogen-bond donors (Lipinski definition) is 3. The monoisotopic (exact) mass is 280 g/mol. The van der Waals surface area contributed by atoms with Crippen LogP contribution in [-0.2, 0) is 19.1 Å². The van der Waals surface area contributed by atoms with Crippen LogP contribution in [0.4, 0.5) is 0 Å². The maximum atomic E-state index is 11.5. The van der Waals surface area contributed by atoms with Crippen molar-refractivity contribution < 1.29 is 34.4 Å². The molecule has 0 spiro atoms. The molecule has 106 valence electrons. The highest BCUT2D eigenvalue weighted by atomic mass is 16.6. The summed E-state index contributed by atoms with van der Waals surface area (Å²) in [6.45, 7) is -0.202. The van der Waals surface area contributed by atoms with E-state index >= 15 is 0 Å². The third-order valence-corrected chi connectivity index (χ3v) is 2.63. The minimum atomic E-state index is -1.32. The second kappa shape index (κ2) is 5.62. The van der Waals surface area contributed by atoms with Crippen LogP contribution in [0.25, 0.3) is 6.08 Å². The Labute approximate surface area is 113 Å². The van der Waals surface area contributed by atoms with Crippen molar-refractivity contribution in [3.05, 3.63) is 29.8 Å². The van der Waals surface area contributed by atoms with Crippen molar-refractivity contribution in [2.45, 2.75) is 12.2 Å². The smallest absolute Gasteiger partial charge is 0.350 e. The summed E-state index contributed by atoms with van der Waals surface area (Å²) in [6.07, 6.45) is -0.129. The van der Waals surface area contributed by atoms with Gasteiger partial charge in [-0.15, -0.1) is 0 Å². The van der Waals surface area contributed by atoms with Crippen molar-refractivity contribution in [2.75, 3.05) is 6.61 Å². The Bertz CT molecular complexity index is 564. The van der Waals surface area contributed by atoms with Crippen LogP contribution >= 0.6 is 0 Å². The molecular weight excluding hydrogens is 268 g/mol. The zero-order valence-electron chi connectivity index (χ0n) is 10.2. The van der Waals surface area contributed by atoms with Gasteiger partial charge in [-0.05, 0) is 23.8 Å². The molecule has 1 aliphatic rings. The van der Waals surface area contributed by atoms with Gasteiger partial charge in [-0.1, -0.05) is 6.07 Å². The number of carbonyl (C=O) groups excluding carboxylic acids is 2. The Balaban J connectivity index is 1.98. The Kier molecular flexibility index (Phi) is 3.90. The lowest BCUT2D eigenvalue weighted by Crippen LogP contribution is -2.31. The Morgan fingerprint density at radius 1 is 1.35 bits per heavy atom. The maximum absolute atomic E-state index is 11.5. The van der Waals surface area contributed by atoms with Crippen molar-refractivity contribution in [3.63, 3.8) is 0 Å². The van der Waals surface area contributed by atoms with Gasteiger partial charge >= 0.3 is 11.9 Å². The zero-order chi connectivity index (χ0) is 14.7. The fourth-order valence-corrected chi connectivity index (χ4v) is 1.59. The molecule has 1 fully saturated rings. The lowest BCUT2D eigenvalue weighted by Gasteiger charge is -2.09. The van der Waals surface area contributed by atoms with Gasteiger partial charge in [0.05, 0.1) is 0 Å². The van der Waals surface area contributed by atoms with Crippen LogP contribution in [0.5, 0.6) is 11.5 Å². The molecule has 7 nitrogen and oxygen atoms in total. The first-order chi connectivity index (χ1) is 9.47. The average molecular weight is 280 g/mol. The molecule has 1 saturated heterocycles. The molecule has 1 heterocycles. The van der Waals surface area contributed by atoms with E-state index in [-0.39, 0.29) is 18.1 Å². The Morgan fingerprint density at radius 3 is 2.70 bits per heavy atom. The molecule has 0 radical (unpaired) electrons. The number of phenols is 2. The highest BCUT2D eigenvalue weighted by Crippen LogP contribution is 2.25. The van der Waals surface area contributed by atoms with Crippen LogP contribution in [0.3, 0.4) is 0 Å². The van der Waals surface area contributed by atoms with E-state index < -0.39 is 24.1 Å². The van der Waals surface area contributed by atoms with Gasteiger partial charge in [0, 0.05) is 6.08 Å². The fourth-order valence-electron chi connectivity index (χ4n) is 1.59. The molecule has 0 saturated carbocycles. The van der Waals surface area contributed by atoms with E-state index in [0.717, 1.165) is 6.08 Å². The van der Waals surface area contributed by atoms with Gasteiger partial charge in [0.2, 0.25) is 6.10 Å². The third-order valence-electron chi connectivity index (χ3n) is 2.63. The van der Waals surface area contributed by atoms with Gasteiger partial charge in [-0.25, -0.2) is 9.59 Å². The van der Waals surface area contributed by atoms with Crippen molar-refractivity contribution in [3.8, 4) is 11.5 Å². The van der Waals surface area contributed by atoms with E-state index in [4.69, 9.17) is 9.84 Å². The molecular formula is C13H12O7. The second-order valence-corrected chi connectivity index (χ2v) is 4.14. The summed E-state index contributed by atoms with van der Waals surface area (Å²) in [4.78, 5) is 22.6. The largest absolute Gasteiger partial charge is 0.504 e. The van der Waals surface area contributed by atoms with Crippen molar-refractivity contribution in [1.82, 2.24) is 0 Å². The first-order valence-corrected chi connectivity index (χ1v) is 5.73. The van der Waals surface area contributed by atoms with Crippen LogP contribution < -0.4 is 0 Å². The van der Waals surface area contributed by atoms with E-state index in [9.17, 15) is 19.8 Å². The van der Waals surface area contributed by atoms with Gasteiger partial charge < -0.3 is 24.8 Å². The molecule has 0 unspecified atom stereocenters. The van der Waals surface area contributed by atoms with Crippen LogP contribution in [0, 0.1) is 0 Å². The summed E-state index contributed by atoms with van der Waals surface area (Å²) >= 11 is 0. The highest BCUT2D eigenvalue weighted by molar-refractivity contribution is 5.90. The van der Waals surface area contributed by atoms with E-state index in [1.54, 1.807) is 0 Å². The summed E-state index contributed by atoms with van der Waals surface area (Å²) in [6, 6.07) is 3.98. The van der Waals surface area contributed by atoms with Crippen molar-refractivity contribution in [2.24, 2.45) is 0 Å². The van der Waals surface area contributed by atoms with Crippen molar-refractivity contribution >= 4 is 18.0 Å². The minimum Gasteiger partial charge on any atom is -0.504 e. The number of aliphatic hydroxyl groups is 1. The number of cyclic esters (lactones) is 1. The Morgan fingerprint density at radius 2 is 2.10 bits per heavy atom. The van der Waals surface area contributed by atoms with Gasteiger partial charge in [-0.3, -0.25) is 0 Å². The Hall–Kier alpha value is -2.54. The third kappa shape index (κ3) is 3.07. The number of hydrogen-bond acceptors (Lipinski definition) is 7. The minimum absolute atomic E-state index is 0.202. The lowest BCUT2D eigenvalue weighted by molar-refractivity contribution is -0.159. The number of ether oxygens (including phenoxy) is 2. The average Bonchev–Trinajstić information content (AvgIpc) is 2.72. The van der Waals surface area contributed by atoms with Gasteiger partial charge in [-0.2, -0.15) is 0 Å². The van der Waals surface area contributed by atoms with Gasteiger partial charge in [0.25, 0.3) is 0 Å². The number of esters is 2. The standard InChI is InChI=1S/C13H12O7/c14-8-3-1-7(5-9(8)15)2-4-11(17)20-12-10(16)6-19-13(12)18/h1-5,10,12,14-16H,6H2/b4-2+/t10-,12+/m0/s1. The molecule has 2 rings (SSSR count). The summed E-state index contributed by atoms with van der Waals surface area (Å²) in [5.41, 5.74) is 0.451. The number of phenolic OH excluding ortho intramolecular Hbond substituents is 2. The first-order valence-electron chi connectivity index (χ1n) is 5.73. The van der Waals surface area contributed by atoms with E-state index in [0.29, 0.717) is 5.56 Å². The van der Waals surface area contributed by atoms with Crippen molar-refractivity contribution in [1.29, 1.82) is 0 Å². The number of benzene rings is 1. The summed E-state index contributed by atoms with van der Waals surface area (Å²) < 4.78 is 9.27. The molecule has 0 amide bonds. The molecule has 7 heteroatoms. The molecule has 0 aliphatic carbocycles. The second-order valence-electron chi connectivity index (χ2n) is 4.14. The van der Waals surface area contributed by atoms with E-state index in [1.165, 1.54) is 24.3 Å². The molecule has 0 bridgehead atoms. The molecule has 20 heavy (non-hydrogen) atoms. The fraction of sp³-hybridized carbons (Fsp3) is 0.231. The SMILES string of the molecule is O=C(/C=C/c1ccc(O)c(O)c1)O[C@H]1C(=O)OC[C@@H]1O. The summed E-state index contributed by atoms with van der Waals surface area (Å²) in [5, 5.41) is 27.7. The quantitative estimate of drug-likeness (QED) is 0.404. The molecule has 2 atom stereocenters. The van der Waals surface area contributed by atoms with Gasteiger partial charge in [0.1, 0.15) is 12.7 Å². The lowest BCUT2D eigenvalue weighted by atomic mass is 10.2. The van der Waals surface area contributed by atoms with Crippen LogP contribution in [0.15, 0.2) is 24.3 Å². The van der Waals surface area contributed by atoms with Crippen LogP contribution in [0.2, 0.25) is 0 Å². The molecule has 1 aromatic rings. The normalized spacial score (nSPS) is 21.9. The number of rotatable bonds is 3. The van der Waals surface area contributed by atoms with Crippen LogP contribution in [-0.4, -0.2) is 46.1 Å². The number of aromatic hydroxyl groups is 2. The predicted molar refractivity (Wildman–Crippen MR) is 65.7 cm³/mol. The summed E-state index contributed by atoms with van der Waals surface area (Å²) in [5.74, 6) is -2.22. The number of aliphatic hydroxyl groups excluding tert-OH is 1. The molecule has 1 aliphatic heterocycles. The van der Waals surface area contributed by atoms with E-state index in [1.807, 2.05) is 0 Å². The molecule has 1 aromatic carbocycles. The van der Waals surface area contributed by atoms with Gasteiger partial charge in [0.15, 0.2) is 11.5 Å². The highest BCUT2D eigenvalue weighted by Gasteiger charge is 2.38. The molecule has 0 aromatic heterocycles. The first kappa shape index (κ1) is 13.9. The molecule has 3 N–H and O–H groups in total. The maximum Gasteiger partial charge on any atom is 0.350 e. The summed E-state index contributed by atoms with van der Waals surface area (Å²) in [7, 11) is 0. The van der Waals surface area contributed by atoms with Crippen LogP contribution in [0.1, 0.15) is 5.56 Å². The number of carbonyl (C=O) groups is 2.